The van der Waals surface area contributed by atoms with Gasteiger partial charge in [-0.2, -0.15) is 0 Å². The minimum absolute atomic E-state index is 0.115. The van der Waals surface area contributed by atoms with E-state index in [2.05, 4.69) is 15.3 Å². The molecule has 0 saturated heterocycles. The second-order valence-electron chi connectivity index (χ2n) is 4.37. The Morgan fingerprint density at radius 2 is 2.25 bits per heavy atom. The summed E-state index contributed by atoms with van der Waals surface area (Å²) in [5.74, 6) is 1.04. The van der Waals surface area contributed by atoms with Crippen LogP contribution in [0.25, 0.3) is 0 Å². The van der Waals surface area contributed by atoms with Crippen LogP contribution in [0.5, 0.6) is 0 Å². The van der Waals surface area contributed by atoms with Crippen LogP contribution in [-0.4, -0.2) is 26.2 Å². The number of hydrogen-bond acceptors (Lipinski definition) is 5. The largest absolute Gasteiger partial charge is 0.311 e. The molecule has 0 fully saturated rings. The third-order valence-electron chi connectivity index (χ3n) is 2.97. The molecule has 3 rings (SSSR count). The maximum absolute atomic E-state index is 12.0. The quantitative estimate of drug-likeness (QED) is 0.862. The van der Waals surface area contributed by atoms with Gasteiger partial charge in [-0.1, -0.05) is 17.8 Å². The lowest BCUT2D eigenvalue weighted by atomic mass is 10.2. The first-order chi connectivity index (χ1) is 9.74. The first-order valence-electron chi connectivity index (χ1n) is 6.15. The molecule has 3 heterocycles. The summed E-state index contributed by atoms with van der Waals surface area (Å²) >= 11 is 1.49. The number of amides is 1. The van der Waals surface area contributed by atoms with Crippen LogP contribution in [0.15, 0.2) is 46.6 Å². The second-order valence-corrected chi connectivity index (χ2v) is 5.35. The summed E-state index contributed by atoms with van der Waals surface area (Å²) in [6.45, 7) is 0. The summed E-state index contributed by atoms with van der Waals surface area (Å²) in [5, 5.41) is 3.40. The Balaban J connectivity index is 1.72. The molecule has 2 aromatic rings. The highest BCUT2D eigenvalue weighted by atomic mass is 32.2. The molecule has 0 unspecified atom stereocenters. The summed E-state index contributed by atoms with van der Waals surface area (Å²) in [6.07, 6.45) is 3.35. The van der Waals surface area contributed by atoms with Crippen LogP contribution < -0.4 is 10.9 Å². The van der Waals surface area contributed by atoms with Crippen LogP contribution in [-0.2, 0) is 4.79 Å². The zero-order valence-electron chi connectivity index (χ0n) is 10.5. The van der Waals surface area contributed by atoms with Crippen molar-refractivity contribution in [3.8, 4) is 0 Å². The molecule has 0 saturated carbocycles. The Morgan fingerprint density at radius 1 is 1.35 bits per heavy atom. The molecule has 0 spiro atoms. The minimum atomic E-state index is -0.155. The number of pyridine rings is 1. The fourth-order valence-electron chi connectivity index (χ4n) is 2.08. The maximum atomic E-state index is 12.0. The lowest BCUT2D eigenvalue weighted by molar-refractivity contribution is -0.116. The molecule has 1 atom stereocenters. The van der Waals surface area contributed by atoms with Crippen LogP contribution >= 0.6 is 11.8 Å². The van der Waals surface area contributed by atoms with Crippen molar-refractivity contribution in [2.75, 3.05) is 11.1 Å². The monoisotopic (exact) mass is 288 g/mol. The molecular weight excluding hydrogens is 276 g/mol. The Hall–Kier alpha value is -2.15. The van der Waals surface area contributed by atoms with Gasteiger partial charge in [0, 0.05) is 30.6 Å². The Kier molecular flexibility index (Phi) is 3.51. The molecule has 2 aromatic heterocycles. The van der Waals surface area contributed by atoms with Crippen molar-refractivity contribution in [2.24, 2.45) is 0 Å². The molecular formula is C13H12N4O2S. The van der Waals surface area contributed by atoms with Crippen molar-refractivity contribution in [3.05, 3.63) is 47.0 Å². The van der Waals surface area contributed by atoms with Gasteiger partial charge < -0.3 is 5.32 Å². The van der Waals surface area contributed by atoms with E-state index in [9.17, 15) is 9.59 Å². The van der Waals surface area contributed by atoms with Crippen molar-refractivity contribution in [1.29, 1.82) is 0 Å². The number of anilines is 1. The van der Waals surface area contributed by atoms with Crippen LogP contribution in [0.1, 0.15) is 12.5 Å². The number of hydrogen-bond donors (Lipinski definition) is 1. The zero-order valence-corrected chi connectivity index (χ0v) is 11.3. The average Bonchev–Trinajstić information content (AvgIpc) is 2.84. The number of carbonyl (C=O) groups excluding carboxylic acids is 1. The molecule has 0 bridgehead atoms. The summed E-state index contributed by atoms with van der Waals surface area (Å²) in [5.41, 5.74) is -0.115. The molecule has 7 heteroatoms. The van der Waals surface area contributed by atoms with Gasteiger partial charge in [0.05, 0.1) is 6.04 Å². The van der Waals surface area contributed by atoms with Gasteiger partial charge in [-0.15, -0.1) is 0 Å². The highest BCUT2D eigenvalue weighted by Crippen LogP contribution is 2.31. The molecule has 20 heavy (non-hydrogen) atoms. The number of nitrogens with one attached hydrogen (secondary N) is 1. The molecule has 1 aliphatic heterocycles. The molecule has 0 aliphatic carbocycles. The van der Waals surface area contributed by atoms with Gasteiger partial charge in [-0.3, -0.25) is 14.2 Å². The Morgan fingerprint density at radius 3 is 3.05 bits per heavy atom. The second kappa shape index (κ2) is 5.46. The van der Waals surface area contributed by atoms with E-state index in [4.69, 9.17) is 0 Å². The molecule has 1 N–H and O–H groups in total. The molecule has 0 aromatic carbocycles. The Labute approximate surface area is 119 Å². The van der Waals surface area contributed by atoms with E-state index in [1.807, 2.05) is 0 Å². The number of aromatic nitrogens is 3. The third-order valence-corrected chi connectivity index (χ3v) is 4.08. The van der Waals surface area contributed by atoms with Gasteiger partial charge in [0.1, 0.15) is 5.82 Å². The third kappa shape index (κ3) is 2.57. The lowest BCUT2D eigenvalue weighted by Crippen LogP contribution is -2.27. The van der Waals surface area contributed by atoms with Gasteiger partial charge in [-0.05, 0) is 12.1 Å². The van der Waals surface area contributed by atoms with Crippen molar-refractivity contribution in [2.45, 2.75) is 17.6 Å². The van der Waals surface area contributed by atoms with Crippen LogP contribution in [0.2, 0.25) is 0 Å². The fourth-order valence-corrected chi connectivity index (χ4v) is 3.21. The number of thioether (sulfide) groups is 1. The van der Waals surface area contributed by atoms with Crippen molar-refractivity contribution >= 4 is 23.5 Å². The summed E-state index contributed by atoms with van der Waals surface area (Å²) in [7, 11) is 0. The summed E-state index contributed by atoms with van der Waals surface area (Å²) in [6, 6.07) is 6.57. The van der Waals surface area contributed by atoms with Gasteiger partial charge in [-0.25, -0.2) is 9.97 Å². The number of carbonyl (C=O) groups is 1. The molecule has 1 aliphatic rings. The first-order valence-corrected chi connectivity index (χ1v) is 7.14. The predicted molar refractivity (Wildman–Crippen MR) is 75.7 cm³/mol. The first kappa shape index (κ1) is 12.9. The minimum Gasteiger partial charge on any atom is -0.311 e. The van der Waals surface area contributed by atoms with Gasteiger partial charge in [0.15, 0.2) is 5.16 Å². The highest BCUT2D eigenvalue weighted by molar-refractivity contribution is 7.99. The van der Waals surface area contributed by atoms with E-state index >= 15 is 0 Å². The van der Waals surface area contributed by atoms with E-state index in [1.165, 1.54) is 24.0 Å². The molecule has 0 radical (unpaired) electrons. The van der Waals surface area contributed by atoms with E-state index < -0.39 is 0 Å². The van der Waals surface area contributed by atoms with Crippen LogP contribution in [0, 0.1) is 0 Å². The fraction of sp³-hybridized carbons (Fsp3) is 0.231. The zero-order chi connectivity index (χ0) is 13.9. The van der Waals surface area contributed by atoms with E-state index in [-0.39, 0.29) is 23.9 Å². The van der Waals surface area contributed by atoms with Crippen molar-refractivity contribution in [3.63, 3.8) is 0 Å². The normalized spacial score (nSPS) is 16.7. The van der Waals surface area contributed by atoms with Crippen LogP contribution in [0.4, 0.5) is 5.82 Å². The number of rotatable bonds is 3. The Bertz CT molecular complexity index is 686. The molecule has 1 amide bonds. The molecule has 6 nitrogen and oxygen atoms in total. The summed E-state index contributed by atoms with van der Waals surface area (Å²) in [4.78, 5) is 32.0. The van der Waals surface area contributed by atoms with Crippen molar-refractivity contribution < 1.29 is 4.79 Å². The smallest absolute Gasteiger partial charge is 0.254 e. The van der Waals surface area contributed by atoms with Gasteiger partial charge in [0.2, 0.25) is 5.91 Å². The van der Waals surface area contributed by atoms with Crippen LogP contribution in [0.3, 0.4) is 0 Å². The van der Waals surface area contributed by atoms with Crippen molar-refractivity contribution in [1.82, 2.24) is 14.5 Å². The average molecular weight is 288 g/mol. The van der Waals surface area contributed by atoms with Gasteiger partial charge >= 0.3 is 0 Å². The summed E-state index contributed by atoms with van der Waals surface area (Å²) < 4.78 is 1.59. The van der Waals surface area contributed by atoms with E-state index in [0.29, 0.717) is 16.7 Å². The van der Waals surface area contributed by atoms with E-state index in [0.717, 1.165) is 0 Å². The topological polar surface area (TPSA) is 76.9 Å². The number of nitrogens with zero attached hydrogens (tertiary/aromatic N) is 3. The standard InChI is InChI=1S/C13H12N4O2S/c18-11(16-10-3-1-2-5-14-10)7-9-8-20-13-15-6-4-12(19)17(9)13/h1-6,9H,7-8H2,(H,14,16,18)/t9-/m1/s1. The number of fused-ring (bicyclic) bond motifs is 1. The lowest BCUT2D eigenvalue weighted by Gasteiger charge is -2.12. The predicted octanol–water partition coefficient (Wildman–Crippen LogP) is 1.31. The maximum Gasteiger partial charge on any atom is 0.254 e. The van der Waals surface area contributed by atoms with E-state index in [1.54, 1.807) is 29.0 Å². The highest BCUT2D eigenvalue weighted by Gasteiger charge is 2.26. The molecule has 102 valence electrons. The van der Waals surface area contributed by atoms with Gasteiger partial charge in [0.25, 0.3) is 5.56 Å². The SMILES string of the molecule is O=C(C[C@@H]1CSc2nccc(=O)n21)Nc1ccccn1.